The van der Waals surface area contributed by atoms with E-state index in [2.05, 4.69) is 81.4 Å². The van der Waals surface area contributed by atoms with E-state index in [0.29, 0.717) is 31.3 Å². The molecule has 4 atom stereocenters. The summed E-state index contributed by atoms with van der Waals surface area (Å²) in [6.45, 7) is 8.07. The molecule has 218 valence electrons. The summed E-state index contributed by atoms with van der Waals surface area (Å²) in [4.78, 5) is 13.9. The molecule has 0 spiro atoms. The molecule has 0 radical (unpaired) electrons. The van der Waals surface area contributed by atoms with Gasteiger partial charge in [0.25, 0.3) is 8.32 Å². The summed E-state index contributed by atoms with van der Waals surface area (Å²) < 4.78 is 19.6. The molecule has 0 aliphatic heterocycles. The maximum atomic E-state index is 13.9. The number of carbonyl (C=O) groups excluding carboxylic acids is 1. The lowest BCUT2D eigenvalue weighted by atomic mass is 9.61. The Hall–Kier alpha value is -2.73. The van der Waals surface area contributed by atoms with E-state index in [9.17, 15) is 4.79 Å². The lowest BCUT2D eigenvalue weighted by Crippen LogP contribution is -2.66. The summed E-state index contributed by atoms with van der Waals surface area (Å²) in [5.41, 5.74) is -0.414. The molecule has 3 aromatic rings. The minimum absolute atomic E-state index is 0.0309. The van der Waals surface area contributed by atoms with Gasteiger partial charge in [0, 0.05) is 31.5 Å². The molecular weight excluding hydrogens is 524 g/mol. The third-order valence-corrected chi connectivity index (χ3v) is 14.8. The fourth-order valence-electron chi connectivity index (χ4n) is 7.94. The van der Waals surface area contributed by atoms with Crippen LogP contribution < -0.4 is 15.1 Å². The van der Waals surface area contributed by atoms with Gasteiger partial charge in [0.2, 0.25) is 0 Å². The van der Waals surface area contributed by atoms with Crippen molar-refractivity contribution < 1.29 is 18.7 Å². The molecule has 3 aromatic carbocycles. The Morgan fingerprint density at radius 2 is 1.46 bits per heavy atom. The van der Waals surface area contributed by atoms with Crippen molar-refractivity contribution in [2.45, 2.75) is 70.4 Å². The summed E-state index contributed by atoms with van der Waals surface area (Å²) in [6, 6.07) is 31.6. The van der Waals surface area contributed by atoms with E-state index in [0.717, 1.165) is 37.9 Å². The zero-order valence-electron chi connectivity index (χ0n) is 25.2. The topological polar surface area (TPSA) is 44.8 Å². The maximum absolute atomic E-state index is 13.9. The molecule has 0 N–H and O–H groups in total. The molecule has 5 heteroatoms. The first-order valence-corrected chi connectivity index (χ1v) is 17.2. The first kappa shape index (κ1) is 29.7. The van der Waals surface area contributed by atoms with E-state index < -0.39 is 13.7 Å². The molecule has 4 nitrogen and oxygen atoms in total. The van der Waals surface area contributed by atoms with Gasteiger partial charge in [-0.3, -0.25) is 4.79 Å². The first-order valence-electron chi connectivity index (χ1n) is 15.3. The van der Waals surface area contributed by atoms with Crippen LogP contribution in [0.2, 0.25) is 5.04 Å². The molecule has 0 aromatic heterocycles. The largest absolute Gasteiger partial charge is 0.493 e. The van der Waals surface area contributed by atoms with Crippen LogP contribution in [-0.2, 0) is 14.0 Å². The van der Waals surface area contributed by atoms with Crippen LogP contribution >= 0.6 is 0 Å². The molecule has 0 unspecified atom stereocenters. The van der Waals surface area contributed by atoms with Crippen molar-refractivity contribution in [3.8, 4) is 5.75 Å². The van der Waals surface area contributed by atoms with Gasteiger partial charge in [-0.2, -0.15) is 0 Å². The number of Topliss-reactive ketones (excluding diaryl/α,β-unsaturated/α-hetero) is 1. The van der Waals surface area contributed by atoms with Gasteiger partial charge in [0.15, 0.2) is 0 Å². The standard InChI is InChI=1S/C36H46O4Si/c1-35(2,3)41(30-19-10-6-11-20-30,31-21-12-7-13-22-31)40-25-15-24-36-28(16-14-23-34(36)37)26-33(38-4)32(36)27-39-29-17-8-5-9-18-29/h5-13,17-22,28,32-33H,14-16,23-27H2,1-4H3/t28-,32-,33-,36-/m0/s1. The van der Waals surface area contributed by atoms with E-state index >= 15 is 0 Å². The van der Waals surface area contributed by atoms with E-state index in [4.69, 9.17) is 13.9 Å². The van der Waals surface area contributed by atoms with Crippen molar-refractivity contribution in [1.82, 2.24) is 0 Å². The van der Waals surface area contributed by atoms with Crippen LogP contribution in [0, 0.1) is 17.3 Å². The minimum atomic E-state index is -2.62. The second kappa shape index (κ2) is 12.6. The molecule has 0 saturated heterocycles. The number of rotatable bonds is 11. The highest BCUT2D eigenvalue weighted by atomic mass is 28.4. The molecule has 2 saturated carbocycles. The number of ether oxygens (including phenoxy) is 2. The number of para-hydroxylation sites is 1. The van der Waals surface area contributed by atoms with Crippen LogP contribution in [0.1, 0.15) is 59.3 Å². The SMILES string of the molecule is CO[C@H]1C[C@@H]2CCCC(=O)[C@]2(CCCO[Si](c2ccccc2)(c2ccccc2)C(C)(C)C)[C@H]1COc1ccccc1. The molecule has 5 rings (SSSR count). The van der Waals surface area contributed by atoms with Crippen molar-refractivity contribution in [2.75, 3.05) is 20.3 Å². The minimum Gasteiger partial charge on any atom is -0.493 e. The van der Waals surface area contributed by atoms with Gasteiger partial charge < -0.3 is 13.9 Å². The molecule has 0 amide bonds. The molecule has 2 aliphatic rings. The van der Waals surface area contributed by atoms with Gasteiger partial charge in [0.1, 0.15) is 11.5 Å². The van der Waals surface area contributed by atoms with Crippen molar-refractivity contribution in [2.24, 2.45) is 17.3 Å². The predicted molar refractivity (Wildman–Crippen MR) is 168 cm³/mol. The highest BCUT2D eigenvalue weighted by Crippen LogP contribution is 2.57. The van der Waals surface area contributed by atoms with Crippen molar-refractivity contribution >= 4 is 24.5 Å². The Bertz CT molecular complexity index is 1220. The van der Waals surface area contributed by atoms with Crippen LogP contribution in [0.3, 0.4) is 0 Å². The van der Waals surface area contributed by atoms with Gasteiger partial charge in [-0.25, -0.2) is 0 Å². The van der Waals surface area contributed by atoms with Crippen LogP contribution in [0.4, 0.5) is 0 Å². The van der Waals surface area contributed by atoms with Gasteiger partial charge in [0.05, 0.1) is 12.7 Å². The highest BCUT2D eigenvalue weighted by molar-refractivity contribution is 6.99. The molecule has 0 heterocycles. The van der Waals surface area contributed by atoms with Gasteiger partial charge in [-0.15, -0.1) is 0 Å². The van der Waals surface area contributed by atoms with E-state index in [1.54, 1.807) is 7.11 Å². The van der Waals surface area contributed by atoms with Crippen LogP contribution in [0.25, 0.3) is 0 Å². The molecule has 41 heavy (non-hydrogen) atoms. The molecule has 2 aliphatic carbocycles. The second-order valence-corrected chi connectivity index (χ2v) is 17.2. The summed E-state index contributed by atoms with van der Waals surface area (Å²) >= 11 is 0. The average Bonchev–Trinajstić information content (AvgIpc) is 3.31. The highest BCUT2D eigenvalue weighted by Gasteiger charge is 2.60. The van der Waals surface area contributed by atoms with E-state index in [1.165, 1.54) is 10.4 Å². The zero-order chi connectivity index (χ0) is 28.9. The monoisotopic (exact) mass is 570 g/mol. The number of fused-ring (bicyclic) bond motifs is 1. The fourth-order valence-corrected chi connectivity index (χ4v) is 12.5. The quantitative estimate of drug-likeness (QED) is 0.188. The molecule has 2 fully saturated rings. The Morgan fingerprint density at radius 1 is 0.878 bits per heavy atom. The summed E-state index contributed by atoms with van der Waals surface area (Å²) in [7, 11) is -0.826. The van der Waals surface area contributed by atoms with Crippen LogP contribution in [0.5, 0.6) is 5.75 Å². The number of benzene rings is 3. The van der Waals surface area contributed by atoms with Crippen molar-refractivity contribution in [3.63, 3.8) is 0 Å². The predicted octanol–water partition coefficient (Wildman–Crippen LogP) is 6.81. The lowest BCUT2D eigenvalue weighted by molar-refractivity contribution is -0.140. The Kier molecular flexibility index (Phi) is 9.17. The van der Waals surface area contributed by atoms with Crippen molar-refractivity contribution in [1.29, 1.82) is 0 Å². The molecular formula is C36H46O4Si. The number of hydrogen-bond donors (Lipinski definition) is 0. The number of ketones is 1. The van der Waals surface area contributed by atoms with Gasteiger partial charge in [-0.1, -0.05) is 99.6 Å². The van der Waals surface area contributed by atoms with Crippen molar-refractivity contribution in [3.05, 3.63) is 91.0 Å². The fraction of sp³-hybridized carbons (Fsp3) is 0.472. The Morgan fingerprint density at radius 3 is 2.02 bits per heavy atom. The lowest BCUT2D eigenvalue weighted by Gasteiger charge is -2.44. The van der Waals surface area contributed by atoms with Gasteiger partial charge in [-0.05, 0) is 65.6 Å². The van der Waals surface area contributed by atoms with E-state index in [1.807, 2.05) is 30.3 Å². The Labute approximate surface area is 247 Å². The first-order chi connectivity index (χ1) is 19.8. The third-order valence-electron chi connectivity index (χ3n) is 9.78. The normalized spacial score (nSPS) is 24.7. The summed E-state index contributed by atoms with van der Waals surface area (Å²) in [5, 5.41) is 2.51. The third kappa shape index (κ3) is 5.69. The van der Waals surface area contributed by atoms with Crippen LogP contribution in [-0.4, -0.2) is 40.5 Å². The Balaban J connectivity index is 1.41. The summed E-state index contributed by atoms with van der Waals surface area (Å²) in [6.07, 6.45) is 5.34. The van der Waals surface area contributed by atoms with E-state index in [-0.39, 0.29) is 17.1 Å². The zero-order valence-corrected chi connectivity index (χ0v) is 26.2. The average molecular weight is 571 g/mol. The van der Waals surface area contributed by atoms with Crippen LogP contribution in [0.15, 0.2) is 91.0 Å². The van der Waals surface area contributed by atoms with Gasteiger partial charge >= 0.3 is 0 Å². The molecule has 0 bridgehead atoms. The smallest absolute Gasteiger partial charge is 0.261 e. The number of hydrogen-bond acceptors (Lipinski definition) is 4. The number of carbonyl (C=O) groups is 1. The number of methoxy groups -OCH3 is 1. The summed E-state index contributed by atoms with van der Waals surface area (Å²) in [5.74, 6) is 1.63. The second-order valence-electron chi connectivity index (χ2n) is 12.9. The maximum Gasteiger partial charge on any atom is 0.261 e.